The van der Waals surface area contributed by atoms with Crippen molar-refractivity contribution in [3.8, 4) is 0 Å². The number of methoxy groups -OCH3 is 1. The predicted molar refractivity (Wildman–Crippen MR) is 66.3 cm³/mol. The third kappa shape index (κ3) is 6.13. The summed E-state index contributed by atoms with van der Waals surface area (Å²) < 4.78 is 5.13. The summed E-state index contributed by atoms with van der Waals surface area (Å²) in [6.07, 6.45) is 0. The van der Waals surface area contributed by atoms with E-state index in [-0.39, 0.29) is 0 Å². The van der Waals surface area contributed by atoms with Crippen molar-refractivity contribution in [2.24, 2.45) is 5.92 Å². The molecule has 0 aromatic rings. The molecular weight excluding hydrogens is 188 g/mol. The van der Waals surface area contributed by atoms with Crippen LogP contribution in [0.2, 0.25) is 0 Å². The number of likely N-dealkylation sites (N-methyl/N-ethyl adjacent to an activating group) is 1. The lowest BCUT2D eigenvalue weighted by Crippen LogP contribution is -2.42. The number of hydrogen-bond acceptors (Lipinski definition) is 3. The molecule has 0 heterocycles. The number of nitrogens with zero attached hydrogens (tertiary/aromatic N) is 1. The first-order valence-corrected chi connectivity index (χ1v) is 6.11. The van der Waals surface area contributed by atoms with Gasteiger partial charge >= 0.3 is 0 Å². The molecule has 0 spiro atoms. The van der Waals surface area contributed by atoms with E-state index in [1.807, 2.05) is 0 Å². The molecule has 0 aliphatic heterocycles. The third-order valence-corrected chi connectivity index (χ3v) is 3.10. The minimum atomic E-state index is 0.615. The van der Waals surface area contributed by atoms with Crippen molar-refractivity contribution in [1.82, 2.24) is 10.2 Å². The highest BCUT2D eigenvalue weighted by Gasteiger charge is 2.17. The normalized spacial score (nSPS) is 15.6. The molecule has 1 N–H and O–H groups in total. The van der Waals surface area contributed by atoms with Crippen LogP contribution in [0.1, 0.15) is 27.7 Å². The Balaban J connectivity index is 3.93. The average molecular weight is 216 g/mol. The summed E-state index contributed by atoms with van der Waals surface area (Å²) in [5, 5.41) is 3.41. The largest absolute Gasteiger partial charge is 0.383 e. The van der Waals surface area contributed by atoms with Gasteiger partial charge in [-0.1, -0.05) is 20.8 Å². The van der Waals surface area contributed by atoms with Crippen molar-refractivity contribution >= 4 is 0 Å². The molecule has 15 heavy (non-hydrogen) atoms. The van der Waals surface area contributed by atoms with E-state index in [1.54, 1.807) is 7.11 Å². The van der Waals surface area contributed by atoms with Crippen molar-refractivity contribution in [2.75, 3.05) is 39.9 Å². The summed E-state index contributed by atoms with van der Waals surface area (Å²) >= 11 is 0. The molecule has 2 atom stereocenters. The van der Waals surface area contributed by atoms with Gasteiger partial charge in [-0.3, -0.25) is 4.90 Å². The molecule has 3 heteroatoms. The first kappa shape index (κ1) is 14.9. The van der Waals surface area contributed by atoms with Crippen LogP contribution in [0.3, 0.4) is 0 Å². The molecule has 3 nitrogen and oxygen atoms in total. The van der Waals surface area contributed by atoms with Crippen LogP contribution in [-0.4, -0.2) is 50.8 Å². The SMILES string of the molecule is CCNCC(C)C(C)N(CC)CCOC. The fourth-order valence-electron chi connectivity index (χ4n) is 1.76. The highest BCUT2D eigenvalue weighted by Crippen LogP contribution is 2.09. The van der Waals surface area contributed by atoms with Crippen molar-refractivity contribution in [1.29, 1.82) is 0 Å². The molecule has 0 aliphatic rings. The lowest BCUT2D eigenvalue weighted by atomic mass is 10.0. The van der Waals surface area contributed by atoms with Gasteiger partial charge in [0.1, 0.15) is 0 Å². The Hall–Kier alpha value is -0.120. The zero-order chi connectivity index (χ0) is 11.7. The Morgan fingerprint density at radius 1 is 1.27 bits per heavy atom. The molecule has 0 rings (SSSR count). The first-order valence-electron chi connectivity index (χ1n) is 6.11. The number of nitrogens with one attached hydrogen (secondary N) is 1. The van der Waals surface area contributed by atoms with Gasteiger partial charge in [0, 0.05) is 19.7 Å². The second-order valence-corrected chi connectivity index (χ2v) is 4.15. The van der Waals surface area contributed by atoms with E-state index in [9.17, 15) is 0 Å². The topological polar surface area (TPSA) is 24.5 Å². The van der Waals surface area contributed by atoms with Crippen LogP contribution in [-0.2, 0) is 4.74 Å². The maximum Gasteiger partial charge on any atom is 0.0589 e. The Labute approximate surface area is 95.2 Å². The zero-order valence-corrected chi connectivity index (χ0v) is 11.0. The fourth-order valence-corrected chi connectivity index (χ4v) is 1.76. The standard InChI is InChI=1S/C12H28N2O/c1-6-13-10-11(3)12(4)14(7-2)8-9-15-5/h11-13H,6-10H2,1-5H3. The highest BCUT2D eigenvalue weighted by molar-refractivity contribution is 4.73. The third-order valence-electron chi connectivity index (χ3n) is 3.10. The van der Waals surface area contributed by atoms with Crippen LogP contribution >= 0.6 is 0 Å². The minimum Gasteiger partial charge on any atom is -0.383 e. The molecule has 2 unspecified atom stereocenters. The maximum absolute atomic E-state index is 5.13. The molecule has 0 saturated carbocycles. The summed E-state index contributed by atoms with van der Waals surface area (Å²) in [5.74, 6) is 0.682. The maximum atomic E-state index is 5.13. The zero-order valence-electron chi connectivity index (χ0n) is 11.0. The number of ether oxygens (including phenoxy) is 1. The molecule has 0 aliphatic carbocycles. The monoisotopic (exact) mass is 216 g/mol. The average Bonchev–Trinajstić information content (AvgIpc) is 2.26. The Morgan fingerprint density at radius 3 is 2.40 bits per heavy atom. The van der Waals surface area contributed by atoms with Crippen LogP contribution in [0, 0.1) is 5.92 Å². The van der Waals surface area contributed by atoms with Gasteiger partial charge in [-0.25, -0.2) is 0 Å². The second-order valence-electron chi connectivity index (χ2n) is 4.15. The lowest BCUT2D eigenvalue weighted by Gasteiger charge is -2.32. The van der Waals surface area contributed by atoms with Gasteiger partial charge in [-0.2, -0.15) is 0 Å². The van der Waals surface area contributed by atoms with Crippen LogP contribution < -0.4 is 5.32 Å². The summed E-state index contributed by atoms with van der Waals surface area (Å²) in [5.41, 5.74) is 0. The summed E-state index contributed by atoms with van der Waals surface area (Å²) in [6, 6.07) is 0.615. The number of rotatable bonds is 9. The Kier molecular flexibility index (Phi) is 9.06. The fraction of sp³-hybridized carbons (Fsp3) is 1.00. The van der Waals surface area contributed by atoms with Gasteiger partial charge in [0.25, 0.3) is 0 Å². The molecule has 0 fully saturated rings. The van der Waals surface area contributed by atoms with E-state index in [1.165, 1.54) is 0 Å². The van der Waals surface area contributed by atoms with E-state index in [0.717, 1.165) is 32.8 Å². The van der Waals surface area contributed by atoms with Crippen molar-refractivity contribution < 1.29 is 4.74 Å². The summed E-state index contributed by atoms with van der Waals surface area (Å²) in [4.78, 5) is 2.48. The first-order chi connectivity index (χ1) is 7.17. The van der Waals surface area contributed by atoms with Gasteiger partial charge < -0.3 is 10.1 Å². The van der Waals surface area contributed by atoms with E-state index < -0.39 is 0 Å². The summed E-state index contributed by atoms with van der Waals surface area (Å²) in [6.45, 7) is 14.1. The lowest BCUT2D eigenvalue weighted by molar-refractivity contribution is 0.108. The van der Waals surface area contributed by atoms with Gasteiger partial charge in [0.15, 0.2) is 0 Å². The molecule has 0 saturated heterocycles. The predicted octanol–water partition coefficient (Wildman–Crippen LogP) is 1.59. The van der Waals surface area contributed by atoms with Crippen LogP contribution in [0.25, 0.3) is 0 Å². The smallest absolute Gasteiger partial charge is 0.0589 e. The van der Waals surface area contributed by atoms with Crippen LogP contribution in [0.5, 0.6) is 0 Å². The molecular formula is C12H28N2O. The molecule has 0 amide bonds. The molecule has 92 valence electrons. The van der Waals surface area contributed by atoms with Gasteiger partial charge in [-0.15, -0.1) is 0 Å². The van der Waals surface area contributed by atoms with Crippen molar-refractivity contribution in [3.63, 3.8) is 0 Å². The van der Waals surface area contributed by atoms with E-state index in [4.69, 9.17) is 4.74 Å². The quantitative estimate of drug-likeness (QED) is 0.633. The molecule has 0 aromatic carbocycles. The minimum absolute atomic E-state index is 0.615. The second kappa shape index (κ2) is 9.13. The number of hydrogen-bond donors (Lipinski definition) is 1. The van der Waals surface area contributed by atoms with Gasteiger partial charge in [-0.05, 0) is 32.5 Å². The molecule has 0 radical (unpaired) electrons. The van der Waals surface area contributed by atoms with Crippen LogP contribution in [0.15, 0.2) is 0 Å². The Morgan fingerprint density at radius 2 is 1.93 bits per heavy atom. The summed E-state index contributed by atoms with van der Waals surface area (Å²) in [7, 11) is 1.76. The molecule has 0 aromatic heterocycles. The van der Waals surface area contributed by atoms with E-state index in [0.29, 0.717) is 12.0 Å². The van der Waals surface area contributed by atoms with Gasteiger partial charge in [0.05, 0.1) is 6.61 Å². The molecule has 0 bridgehead atoms. The van der Waals surface area contributed by atoms with E-state index >= 15 is 0 Å². The van der Waals surface area contributed by atoms with Crippen molar-refractivity contribution in [3.05, 3.63) is 0 Å². The van der Waals surface area contributed by atoms with Crippen molar-refractivity contribution in [2.45, 2.75) is 33.7 Å². The van der Waals surface area contributed by atoms with Gasteiger partial charge in [0.2, 0.25) is 0 Å². The highest BCUT2D eigenvalue weighted by atomic mass is 16.5. The van der Waals surface area contributed by atoms with E-state index in [2.05, 4.69) is 37.9 Å². The van der Waals surface area contributed by atoms with Crippen LogP contribution in [0.4, 0.5) is 0 Å². The Bertz CT molecular complexity index is 142.